The number of carbonyl (C=O) groups is 3. The molecule has 0 aliphatic rings. The molecule has 0 aliphatic carbocycles. The van der Waals surface area contributed by atoms with Crippen LogP contribution in [0.4, 0.5) is 26.3 Å². The van der Waals surface area contributed by atoms with E-state index in [1.54, 1.807) is 80.5 Å². The fourth-order valence-electron chi connectivity index (χ4n) is 9.40. The van der Waals surface area contributed by atoms with E-state index in [4.69, 9.17) is 16.9 Å². The van der Waals surface area contributed by atoms with Crippen molar-refractivity contribution in [1.82, 2.24) is 29.1 Å². The van der Waals surface area contributed by atoms with Gasteiger partial charge in [-0.2, -0.15) is 15.8 Å². The zero-order valence-corrected chi connectivity index (χ0v) is 48.4. The Hall–Kier alpha value is -10.5. The van der Waals surface area contributed by atoms with Crippen LogP contribution in [0.2, 0.25) is 5.02 Å². The molecule has 8 aromatic rings. The van der Waals surface area contributed by atoms with Gasteiger partial charge in [0.25, 0.3) is 16.7 Å². The quantitative estimate of drug-likeness (QED) is 0.0363. The lowest BCUT2D eigenvalue weighted by Crippen LogP contribution is -2.38. The highest BCUT2D eigenvalue weighted by Crippen LogP contribution is 2.28. The summed E-state index contributed by atoms with van der Waals surface area (Å²) in [5.74, 6) is -11.1. The first-order chi connectivity index (χ1) is 40.8. The normalized spacial score (nSPS) is 10.9. The standard InChI is InChI=1S/C23H17ClF3N3O3.C23H18F3N3O3.C16H15N3O3/c1-10(2)17-20(21(31)13-5-11(3)4-12(6-13)8-28)30(23(33)29-22(17)32)9-14-15(25)7-16(26)18(24)19(14)27;1-11(2)19-20(21(30)14-5-12(3)4-13(6-14)9-27)29(23(32)28-22(19)31)10-16-17(25)7-15(24)8-18(16)26;1-8(2)12-13(18-16(22)19-15(12)21)14(20)11-5-9(3)4-10(6-11)7-17/h4-7,10H,9H2,1-3H3,(H,29,32,33);4-8,11H,10H2,1-3H3,(H,28,31,32);4-6,8H,1-3H3,(H2,18,19,21,22). The van der Waals surface area contributed by atoms with E-state index in [1.165, 1.54) is 36.4 Å². The molecule has 5 aromatic carbocycles. The zero-order chi connectivity index (χ0) is 64.8. The van der Waals surface area contributed by atoms with Crippen LogP contribution in [0.5, 0.6) is 0 Å². The number of H-pyrrole nitrogens is 4. The molecule has 0 unspecified atom stereocenters. The van der Waals surface area contributed by atoms with Gasteiger partial charge < -0.3 is 4.98 Å². The van der Waals surface area contributed by atoms with E-state index in [2.05, 4.69) is 15.0 Å². The third-order valence-corrected chi connectivity index (χ3v) is 13.5. The van der Waals surface area contributed by atoms with Crippen molar-refractivity contribution in [3.63, 3.8) is 0 Å². The molecule has 0 atom stereocenters. The topological polar surface area (TPSA) is 298 Å². The summed E-state index contributed by atoms with van der Waals surface area (Å²) in [7, 11) is 0. The number of rotatable bonds is 13. The Balaban J connectivity index is 0.000000213. The van der Waals surface area contributed by atoms with Crippen LogP contribution < -0.4 is 33.7 Å². The molecule has 0 aliphatic heterocycles. The smallest absolute Gasteiger partial charge is 0.304 e. The van der Waals surface area contributed by atoms with Gasteiger partial charge in [0.1, 0.15) is 45.5 Å². The lowest BCUT2D eigenvalue weighted by atomic mass is 9.95. The minimum absolute atomic E-state index is 0.00489. The molecular weight excluding hydrogens is 1160 g/mol. The Morgan fingerprint density at radius 3 is 1.21 bits per heavy atom. The van der Waals surface area contributed by atoms with Gasteiger partial charge in [0.05, 0.1) is 53.7 Å². The van der Waals surface area contributed by atoms with E-state index < -0.39 is 133 Å². The second-order valence-corrected chi connectivity index (χ2v) is 21.1. The maximum absolute atomic E-state index is 14.6. The van der Waals surface area contributed by atoms with Crippen LogP contribution in [0.25, 0.3) is 0 Å². The highest BCUT2D eigenvalue weighted by molar-refractivity contribution is 6.31. The number of aromatic amines is 4. The molecule has 87 heavy (non-hydrogen) atoms. The van der Waals surface area contributed by atoms with Gasteiger partial charge in [-0.05, 0) is 110 Å². The molecule has 3 aromatic heterocycles. The number of nitriles is 3. The highest BCUT2D eigenvalue weighted by atomic mass is 35.5. The van der Waals surface area contributed by atoms with Crippen LogP contribution in [0.3, 0.4) is 0 Å². The number of aromatic nitrogens is 6. The summed E-state index contributed by atoms with van der Waals surface area (Å²) in [6.07, 6.45) is 0. The fraction of sp³-hybridized carbons (Fsp3) is 0.226. The lowest BCUT2D eigenvalue weighted by Gasteiger charge is -2.18. The molecule has 0 amide bonds. The van der Waals surface area contributed by atoms with Crippen molar-refractivity contribution in [1.29, 1.82) is 15.8 Å². The zero-order valence-electron chi connectivity index (χ0n) is 47.6. The SMILES string of the molecule is Cc1cc(C#N)cc(C(=O)c2[nH]c(=O)[nH]c(=O)c2C(C)C)c1.Cc1cc(C#N)cc(C(=O)c2c(C(C)C)c(=O)[nH]c(=O)n2Cc2c(F)cc(F)c(Cl)c2F)c1.Cc1cc(C#N)cc(C(=O)c2c(C(C)C)c(=O)[nH]c(=O)n2Cc2c(F)cc(F)cc2F)c1. The van der Waals surface area contributed by atoms with Gasteiger partial charge in [0.2, 0.25) is 17.3 Å². The minimum atomic E-state index is -1.43. The first-order valence-corrected chi connectivity index (χ1v) is 26.5. The highest BCUT2D eigenvalue weighted by Gasteiger charge is 2.30. The lowest BCUT2D eigenvalue weighted by molar-refractivity contribution is 0.101. The van der Waals surface area contributed by atoms with E-state index in [-0.39, 0.29) is 61.8 Å². The summed E-state index contributed by atoms with van der Waals surface area (Å²) < 4.78 is 85.9. The van der Waals surface area contributed by atoms with Crippen LogP contribution in [-0.2, 0) is 13.1 Å². The summed E-state index contributed by atoms with van der Waals surface area (Å²) >= 11 is 5.56. The van der Waals surface area contributed by atoms with Crippen molar-refractivity contribution in [3.8, 4) is 18.2 Å². The predicted octanol–water partition coefficient (Wildman–Crippen LogP) is 9.32. The van der Waals surface area contributed by atoms with Gasteiger partial charge in [-0.15, -0.1) is 0 Å². The third kappa shape index (κ3) is 14.5. The Labute approximate surface area is 494 Å². The molecule has 0 radical (unpaired) electrons. The summed E-state index contributed by atoms with van der Waals surface area (Å²) in [6.45, 7) is 13.4. The van der Waals surface area contributed by atoms with Gasteiger partial charge in [0.15, 0.2) is 5.82 Å². The minimum Gasteiger partial charge on any atom is -0.304 e. The summed E-state index contributed by atoms with van der Waals surface area (Å²) in [5, 5.41) is 26.5. The maximum Gasteiger partial charge on any atom is 0.329 e. The van der Waals surface area contributed by atoms with Crippen LogP contribution in [0.1, 0.15) is 169 Å². The summed E-state index contributed by atoms with van der Waals surface area (Å²) in [6, 6.07) is 20.4. The van der Waals surface area contributed by atoms with E-state index >= 15 is 0 Å². The Morgan fingerprint density at radius 1 is 0.471 bits per heavy atom. The van der Waals surface area contributed by atoms with Gasteiger partial charge >= 0.3 is 17.1 Å². The average molecular weight is 1210 g/mol. The van der Waals surface area contributed by atoms with Crippen LogP contribution in [0, 0.1) is 89.7 Å². The number of benzene rings is 5. The van der Waals surface area contributed by atoms with Crippen LogP contribution in [-0.4, -0.2) is 46.4 Å². The van der Waals surface area contributed by atoms with Crippen molar-refractivity contribution in [2.75, 3.05) is 0 Å². The number of hydrogen-bond donors (Lipinski definition) is 4. The number of ketones is 3. The summed E-state index contributed by atoms with van der Waals surface area (Å²) in [5.41, 5.74) is -4.29. The number of aryl methyl sites for hydroxylation is 3. The van der Waals surface area contributed by atoms with E-state index in [0.717, 1.165) is 10.1 Å². The molecule has 4 N–H and O–H groups in total. The number of carbonyl (C=O) groups excluding carboxylic acids is 3. The molecule has 446 valence electrons. The molecule has 18 nitrogen and oxygen atoms in total. The number of nitrogens with one attached hydrogen (secondary N) is 4. The molecule has 25 heteroatoms. The van der Waals surface area contributed by atoms with E-state index in [0.29, 0.717) is 39.5 Å². The largest absolute Gasteiger partial charge is 0.329 e. The predicted molar refractivity (Wildman–Crippen MR) is 306 cm³/mol. The maximum atomic E-state index is 14.6. The van der Waals surface area contributed by atoms with Crippen molar-refractivity contribution < 1.29 is 40.7 Å². The molecular formula is C62H50ClF6N9O9. The van der Waals surface area contributed by atoms with Gasteiger partial charge in [-0.3, -0.25) is 52.9 Å². The molecule has 0 saturated heterocycles. The van der Waals surface area contributed by atoms with E-state index in [9.17, 15) is 80.0 Å². The van der Waals surface area contributed by atoms with Crippen molar-refractivity contribution in [2.45, 2.75) is 93.2 Å². The molecule has 8 rings (SSSR count). The van der Waals surface area contributed by atoms with E-state index in [1.807, 2.05) is 23.2 Å². The van der Waals surface area contributed by atoms with Gasteiger partial charge in [-0.1, -0.05) is 53.1 Å². The molecule has 0 saturated carbocycles. The third-order valence-electron chi connectivity index (χ3n) is 13.2. The average Bonchev–Trinajstić information content (AvgIpc) is 1.45. The van der Waals surface area contributed by atoms with Crippen molar-refractivity contribution >= 4 is 29.0 Å². The van der Waals surface area contributed by atoms with Gasteiger partial charge in [-0.25, -0.2) is 40.7 Å². The Bertz CT molecular complexity index is 4650. The second kappa shape index (κ2) is 27.0. The molecule has 0 spiro atoms. The second-order valence-electron chi connectivity index (χ2n) is 20.8. The Morgan fingerprint density at radius 2 is 0.828 bits per heavy atom. The number of nitrogens with zero attached hydrogens (tertiary/aromatic N) is 5. The van der Waals surface area contributed by atoms with Crippen molar-refractivity contribution in [3.05, 3.63) is 270 Å². The summed E-state index contributed by atoms with van der Waals surface area (Å²) in [4.78, 5) is 122. The number of hydrogen-bond acceptors (Lipinski definition) is 12. The monoisotopic (exact) mass is 1210 g/mol. The molecule has 3 heterocycles. The first kappa shape index (κ1) is 65.6. The van der Waals surface area contributed by atoms with Crippen molar-refractivity contribution in [2.24, 2.45) is 0 Å². The Kier molecular flexibility index (Phi) is 20.4. The van der Waals surface area contributed by atoms with Gasteiger partial charge in [0, 0.05) is 62.7 Å². The molecule has 0 fully saturated rings. The number of halogens is 7. The first-order valence-electron chi connectivity index (χ1n) is 26.1. The molecule has 0 bridgehead atoms. The van der Waals surface area contributed by atoms with Crippen LogP contribution in [0.15, 0.2) is 102 Å². The fourth-order valence-corrected chi connectivity index (χ4v) is 9.57. The van der Waals surface area contributed by atoms with Crippen LogP contribution >= 0.6 is 11.6 Å².